The first-order valence-electron chi connectivity index (χ1n) is 11.5. The van der Waals surface area contributed by atoms with Gasteiger partial charge in [0.2, 0.25) is 0 Å². The van der Waals surface area contributed by atoms with Crippen molar-refractivity contribution in [1.82, 2.24) is 14.8 Å². The molecule has 2 aromatic rings. The monoisotopic (exact) mass is 449 g/mol. The molecule has 1 saturated heterocycles. The Morgan fingerprint density at radius 2 is 1.76 bits per heavy atom. The number of imide groups is 1. The number of hydrogen-bond donors (Lipinski definition) is 0. The van der Waals surface area contributed by atoms with E-state index in [4.69, 9.17) is 9.47 Å². The molecule has 33 heavy (non-hydrogen) atoms. The summed E-state index contributed by atoms with van der Waals surface area (Å²) in [6, 6.07) is 11.1. The fraction of sp³-hybridized carbons (Fsp3) is 0.423. The SMILES string of the molecule is CC(C)COc1ccc(C2=C(N3CC(C)OC(C)C3)C(=O)N(Cc3cccnc3)C2=O)cc1. The maximum atomic E-state index is 13.6. The number of rotatable bonds is 7. The number of hydrogen-bond acceptors (Lipinski definition) is 6. The topological polar surface area (TPSA) is 72.0 Å². The summed E-state index contributed by atoms with van der Waals surface area (Å²) in [6.07, 6.45) is 3.28. The van der Waals surface area contributed by atoms with Crippen LogP contribution in [0.4, 0.5) is 0 Å². The van der Waals surface area contributed by atoms with Gasteiger partial charge in [0.25, 0.3) is 11.8 Å². The number of aromatic nitrogens is 1. The molecule has 0 aliphatic carbocycles. The number of ether oxygens (including phenoxy) is 2. The molecule has 0 saturated carbocycles. The largest absolute Gasteiger partial charge is 0.493 e. The van der Waals surface area contributed by atoms with Gasteiger partial charge in [0.1, 0.15) is 11.4 Å². The van der Waals surface area contributed by atoms with Crippen LogP contribution in [0.1, 0.15) is 38.8 Å². The lowest BCUT2D eigenvalue weighted by Gasteiger charge is -2.37. The van der Waals surface area contributed by atoms with Gasteiger partial charge in [-0.15, -0.1) is 0 Å². The minimum Gasteiger partial charge on any atom is -0.493 e. The van der Waals surface area contributed by atoms with Crippen molar-refractivity contribution in [1.29, 1.82) is 0 Å². The lowest BCUT2D eigenvalue weighted by atomic mass is 10.0. The number of carbonyl (C=O) groups is 2. The first-order chi connectivity index (χ1) is 15.8. The second kappa shape index (κ2) is 9.75. The molecule has 1 aromatic heterocycles. The van der Waals surface area contributed by atoms with E-state index in [9.17, 15) is 9.59 Å². The van der Waals surface area contributed by atoms with Crippen molar-refractivity contribution in [2.45, 2.75) is 46.4 Å². The maximum Gasteiger partial charge on any atom is 0.278 e. The summed E-state index contributed by atoms with van der Waals surface area (Å²) in [4.78, 5) is 34.6. The molecule has 2 aliphatic heterocycles. The standard InChI is InChI=1S/C26H31N3O4/c1-17(2)16-32-22-9-7-21(8-10-22)23-24(28-13-18(3)33-19(4)14-28)26(31)29(25(23)30)15-20-6-5-11-27-12-20/h5-12,17-19H,13-16H2,1-4H3. The number of benzene rings is 1. The van der Waals surface area contributed by atoms with Crippen molar-refractivity contribution in [2.24, 2.45) is 5.92 Å². The molecule has 0 spiro atoms. The van der Waals surface area contributed by atoms with Crippen LogP contribution in [-0.4, -0.2) is 58.5 Å². The van der Waals surface area contributed by atoms with Crippen molar-refractivity contribution in [3.05, 3.63) is 65.6 Å². The van der Waals surface area contributed by atoms with Crippen LogP contribution in [0.2, 0.25) is 0 Å². The van der Waals surface area contributed by atoms with Crippen molar-refractivity contribution in [3.8, 4) is 5.75 Å². The minimum absolute atomic E-state index is 0.0374. The zero-order chi connectivity index (χ0) is 23.5. The van der Waals surface area contributed by atoms with Crippen LogP contribution >= 0.6 is 0 Å². The highest BCUT2D eigenvalue weighted by atomic mass is 16.5. The smallest absolute Gasteiger partial charge is 0.278 e. The molecular formula is C26H31N3O4. The molecule has 2 atom stereocenters. The van der Waals surface area contributed by atoms with Gasteiger partial charge in [0, 0.05) is 25.5 Å². The Labute approximate surface area is 195 Å². The Balaban J connectivity index is 1.69. The maximum absolute atomic E-state index is 13.6. The first-order valence-corrected chi connectivity index (χ1v) is 11.5. The molecule has 1 aromatic carbocycles. The van der Waals surface area contributed by atoms with Crippen LogP contribution in [0.5, 0.6) is 5.75 Å². The highest BCUT2D eigenvalue weighted by Gasteiger charge is 2.43. The Kier molecular flexibility index (Phi) is 6.79. The summed E-state index contributed by atoms with van der Waals surface area (Å²) in [5.74, 6) is 0.591. The number of amides is 2. The van der Waals surface area contributed by atoms with Crippen molar-refractivity contribution in [3.63, 3.8) is 0 Å². The Morgan fingerprint density at radius 3 is 2.36 bits per heavy atom. The van der Waals surface area contributed by atoms with Crippen LogP contribution in [0.25, 0.3) is 5.57 Å². The molecule has 2 amide bonds. The third-order valence-electron chi connectivity index (χ3n) is 5.67. The molecular weight excluding hydrogens is 418 g/mol. The van der Waals surface area contributed by atoms with Crippen LogP contribution in [0, 0.1) is 5.92 Å². The third-order valence-corrected chi connectivity index (χ3v) is 5.67. The number of nitrogens with zero attached hydrogens (tertiary/aromatic N) is 3. The average Bonchev–Trinajstić information content (AvgIpc) is 3.03. The Bertz CT molecular complexity index is 1020. The molecule has 174 valence electrons. The van der Waals surface area contributed by atoms with Gasteiger partial charge in [-0.25, -0.2) is 0 Å². The molecule has 3 heterocycles. The fourth-order valence-electron chi connectivity index (χ4n) is 4.28. The second-order valence-corrected chi connectivity index (χ2v) is 9.17. The van der Waals surface area contributed by atoms with Crippen molar-refractivity contribution >= 4 is 17.4 Å². The van der Waals surface area contributed by atoms with Crippen LogP contribution in [0.15, 0.2) is 54.5 Å². The van der Waals surface area contributed by atoms with E-state index in [0.29, 0.717) is 42.4 Å². The number of pyridine rings is 1. The van der Waals surface area contributed by atoms with Gasteiger partial charge in [-0.2, -0.15) is 0 Å². The summed E-state index contributed by atoms with van der Waals surface area (Å²) in [5.41, 5.74) is 2.39. The van der Waals surface area contributed by atoms with Gasteiger partial charge in [0.05, 0.1) is 30.9 Å². The second-order valence-electron chi connectivity index (χ2n) is 9.17. The first kappa shape index (κ1) is 23.0. The van der Waals surface area contributed by atoms with Gasteiger partial charge in [0.15, 0.2) is 0 Å². The summed E-state index contributed by atoms with van der Waals surface area (Å²) in [6.45, 7) is 10.1. The predicted octanol–water partition coefficient (Wildman–Crippen LogP) is 3.51. The molecule has 2 unspecified atom stereocenters. The quantitative estimate of drug-likeness (QED) is 0.603. The van der Waals surface area contributed by atoms with Crippen molar-refractivity contribution in [2.75, 3.05) is 19.7 Å². The van der Waals surface area contributed by atoms with Gasteiger partial charge >= 0.3 is 0 Å². The van der Waals surface area contributed by atoms with Crippen LogP contribution < -0.4 is 4.74 Å². The van der Waals surface area contributed by atoms with E-state index in [2.05, 4.69) is 18.8 Å². The van der Waals surface area contributed by atoms with Crippen LogP contribution in [-0.2, 0) is 20.9 Å². The summed E-state index contributed by atoms with van der Waals surface area (Å²) in [5, 5.41) is 0. The summed E-state index contributed by atoms with van der Waals surface area (Å²) in [7, 11) is 0. The Hall–Kier alpha value is -3.19. The van der Waals surface area contributed by atoms with E-state index in [0.717, 1.165) is 11.3 Å². The van der Waals surface area contributed by atoms with Gasteiger partial charge in [-0.1, -0.05) is 32.0 Å². The van der Waals surface area contributed by atoms with Crippen molar-refractivity contribution < 1.29 is 19.1 Å². The number of morpholine rings is 1. The van der Waals surface area contributed by atoms with E-state index in [1.807, 2.05) is 49.1 Å². The van der Waals surface area contributed by atoms with E-state index < -0.39 is 0 Å². The zero-order valence-electron chi connectivity index (χ0n) is 19.7. The molecule has 4 rings (SSSR count). The van der Waals surface area contributed by atoms with E-state index in [1.165, 1.54) is 4.90 Å². The minimum atomic E-state index is -0.290. The molecule has 0 N–H and O–H groups in total. The molecule has 1 fully saturated rings. The third kappa shape index (κ3) is 5.09. The van der Waals surface area contributed by atoms with E-state index in [-0.39, 0.29) is 30.6 Å². The van der Waals surface area contributed by atoms with Crippen LogP contribution in [0.3, 0.4) is 0 Å². The lowest BCUT2D eigenvalue weighted by Crippen LogP contribution is -2.46. The molecule has 7 heteroatoms. The van der Waals surface area contributed by atoms with Gasteiger partial charge in [-0.05, 0) is 49.1 Å². The van der Waals surface area contributed by atoms with E-state index in [1.54, 1.807) is 18.5 Å². The van der Waals surface area contributed by atoms with Gasteiger partial charge in [-0.3, -0.25) is 19.5 Å². The molecule has 0 bridgehead atoms. The normalized spacial score (nSPS) is 21.4. The lowest BCUT2D eigenvalue weighted by molar-refractivity contribution is -0.139. The summed E-state index contributed by atoms with van der Waals surface area (Å²) < 4.78 is 11.7. The highest BCUT2D eigenvalue weighted by Crippen LogP contribution is 2.34. The zero-order valence-corrected chi connectivity index (χ0v) is 19.7. The molecule has 7 nitrogen and oxygen atoms in total. The highest BCUT2D eigenvalue weighted by molar-refractivity contribution is 6.35. The average molecular weight is 450 g/mol. The van der Waals surface area contributed by atoms with E-state index >= 15 is 0 Å². The van der Waals surface area contributed by atoms with Gasteiger partial charge < -0.3 is 14.4 Å². The fourth-order valence-corrected chi connectivity index (χ4v) is 4.28. The molecule has 2 aliphatic rings. The predicted molar refractivity (Wildman–Crippen MR) is 125 cm³/mol. The summed E-state index contributed by atoms with van der Waals surface area (Å²) >= 11 is 0. The number of carbonyl (C=O) groups excluding carboxylic acids is 2. The Morgan fingerprint density at radius 1 is 1.06 bits per heavy atom. The molecule has 0 radical (unpaired) electrons.